The fourth-order valence-electron chi connectivity index (χ4n) is 2.05. The largest absolute Gasteiger partial charge is 0.463 e. The molecule has 0 spiro atoms. The average Bonchev–Trinajstić information content (AvgIpc) is 3.25. The van der Waals surface area contributed by atoms with Crippen molar-refractivity contribution >= 4 is 12.2 Å². The van der Waals surface area contributed by atoms with E-state index in [1.807, 2.05) is 0 Å². The summed E-state index contributed by atoms with van der Waals surface area (Å²) in [6.07, 6.45) is -3.63. The van der Waals surface area contributed by atoms with Gasteiger partial charge in [-0.2, -0.15) is 23.4 Å². The molecule has 0 fully saturated rings. The Balaban J connectivity index is 1.74. The lowest BCUT2D eigenvalue weighted by molar-refractivity contribution is -0.142. The number of halogens is 5. The second-order valence-electron chi connectivity index (χ2n) is 5.20. The van der Waals surface area contributed by atoms with Crippen molar-refractivity contribution in [2.24, 2.45) is 5.10 Å². The van der Waals surface area contributed by atoms with E-state index >= 15 is 0 Å². The first-order valence-electron chi connectivity index (χ1n) is 7.40. The van der Waals surface area contributed by atoms with Gasteiger partial charge in [0.1, 0.15) is 23.6 Å². The number of alkyl halides is 5. The van der Waals surface area contributed by atoms with Crippen LogP contribution >= 0.6 is 0 Å². The Morgan fingerprint density at radius 1 is 1.26 bits per heavy atom. The summed E-state index contributed by atoms with van der Waals surface area (Å²) in [6.45, 7) is -1.24. The predicted octanol–water partition coefficient (Wildman–Crippen LogP) is 3.88. The minimum absolute atomic E-state index is 0.123. The second kappa shape index (κ2) is 7.51. The molecule has 27 heavy (non-hydrogen) atoms. The average molecular weight is 386 g/mol. The fraction of sp³-hybridized carbons (Fsp3) is 0.200. The van der Waals surface area contributed by atoms with E-state index in [2.05, 4.69) is 25.6 Å². The van der Waals surface area contributed by atoms with Crippen LogP contribution in [0, 0.1) is 0 Å². The van der Waals surface area contributed by atoms with Crippen LogP contribution in [0.1, 0.15) is 17.8 Å². The van der Waals surface area contributed by atoms with Crippen molar-refractivity contribution in [3.8, 4) is 11.5 Å². The highest BCUT2D eigenvalue weighted by Gasteiger charge is 2.28. The number of hydrazone groups is 1. The predicted molar refractivity (Wildman–Crippen MR) is 84.2 cm³/mol. The van der Waals surface area contributed by atoms with Gasteiger partial charge in [-0.15, -0.1) is 0 Å². The molecule has 3 aromatic heterocycles. The Hall–Kier alpha value is -3.31. The maximum Gasteiger partial charge on any atom is 0.408 e. The normalized spacial score (nSPS) is 12.2. The lowest BCUT2D eigenvalue weighted by atomic mass is 10.2. The summed E-state index contributed by atoms with van der Waals surface area (Å²) in [7, 11) is 0. The second-order valence-corrected chi connectivity index (χ2v) is 5.20. The molecule has 3 aromatic rings. The quantitative estimate of drug-likeness (QED) is 0.395. The molecule has 0 aliphatic carbocycles. The number of nitrogens with zero attached hydrogens (tertiary/aromatic N) is 5. The van der Waals surface area contributed by atoms with E-state index in [4.69, 9.17) is 4.42 Å². The Labute approximate surface area is 148 Å². The molecule has 0 aromatic carbocycles. The third-order valence-corrected chi connectivity index (χ3v) is 3.11. The zero-order chi connectivity index (χ0) is 19.4. The molecule has 12 heteroatoms. The van der Waals surface area contributed by atoms with Crippen molar-refractivity contribution < 1.29 is 26.4 Å². The summed E-state index contributed by atoms with van der Waals surface area (Å²) >= 11 is 0. The molecule has 3 rings (SSSR count). The van der Waals surface area contributed by atoms with Crippen molar-refractivity contribution in [3.05, 3.63) is 48.1 Å². The Morgan fingerprint density at radius 3 is 2.74 bits per heavy atom. The minimum atomic E-state index is -4.40. The summed E-state index contributed by atoms with van der Waals surface area (Å²) < 4.78 is 68.7. The number of hydrogen-bond acceptors (Lipinski definition) is 6. The molecular formula is C15H11F5N6O. The lowest BCUT2D eigenvalue weighted by Gasteiger charge is -2.05. The molecule has 0 saturated heterocycles. The first-order chi connectivity index (χ1) is 12.8. The van der Waals surface area contributed by atoms with Crippen LogP contribution in [-0.4, -0.2) is 32.1 Å². The van der Waals surface area contributed by atoms with Gasteiger partial charge in [0.05, 0.1) is 12.5 Å². The third-order valence-electron chi connectivity index (χ3n) is 3.11. The van der Waals surface area contributed by atoms with Crippen molar-refractivity contribution in [1.29, 1.82) is 0 Å². The highest BCUT2D eigenvalue weighted by atomic mass is 19.4. The summed E-state index contributed by atoms with van der Waals surface area (Å²) in [4.78, 5) is 7.63. The molecule has 0 unspecified atom stereocenters. The van der Waals surface area contributed by atoms with Crippen molar-refractivity contribution in [1.82, 2.24) is 19.7 Å². The summed E-state index contributed by atoms with van der Waals surface area (Å²) in [5.74, 6) is 0.0300. The highest BCUT2D eigenvalue weighted by Crippen LogP contribution is 2.24. The van der Waals surface area contributed by atoms with Crippen LogP contribution in [-0.2, 0) is 6.54 Å². The van der Waals surface area contributed by atoms with Gasteiger partial charge in [-0.05, 0) is 24.3 Å². The van der Waals surface area contributed by atoms with Crippen LogP contribution in [0.4, 0.5) is 27.9 Å². The van der Waals surface area contributed by atoms with E-state index in [0.717, 1.165) is 18.5 Å². The van der Waals surface area contributed by atoms with Crippen molar-refractivity contribution in [2.75, 3.05) is 5.43 Å². The Kier molecular flexibility index (Phi) is 5.14. The van der Waals surface area contributed by atoms with E-state index in [1.165, 1.54) is 18.4 Å². The van der Waals surface area contributed by atoms with E-state index in [-0.39, 0.29) is 23.1 Å². The molecule has 0 aliphatic heterocycles. The fourth-order valence-corrected chi connectivity index (χ4v) is 2.05. The molecule has 142 valence electrons. The molecule has 0 radical (unpaired) electrons. The van der Waals surface area contributed by atoms with Crippen LogP contribution in [0.3, 0.4) is 0 Å². The van der Waals surface area contributed by atoms with Crippen LogP contribution in [0.2, 0.25) is 0 Å². The lowest BCUT2D eigenvalue weighted by Crippen LogP contribution is -2.18. The van der Waals surface area contributed by atoms with E-state index < -0.39 is 24.8 Å². The molecule has 1 N–H and O–H groups in total. The Bertz CT molecular complexity index is 919. The van der Waals surface area contributed by atoms with Gasteiger partial charge in [0.25, 0.3) is 6.43 Å². The highest BCUT2D eigenvalue weighted by molar-refractivity contribution is 5.77. The molecule has 0 amide bonds. The van der Waals surface area contributed by atoms with Crippen molar-refractivity contribution in [2.45, 2.75) is 19.1 Å². The topological polar surface area (TPSA) is 81.1 Å². The van der Waals surface area contributed by atoms with Crippen LogP contribution in [0.25, 0.3) is 11.5 Å². The van der Waals surface area contributed by atoms with Gasteiger partial charge in [-0.25, -0.2) is 24.2 Å². The number of aromatic nitrogens is 4. The molecule has 0 atom stereocenters. The number of anilines is 1. The third kappa shape index (κ3) is 5.09. The SMILES string of the molecule is FC(F)c1cc(-c2ccco2)nc(N/N=C\c2ccn(CC(F)(F)F)n2)n1. The Morgan fingerprint density at radius 2 is 2.07 bits per heavy atom. The van der Waals surface area contributed by atoms with Crippen molar-refractivity contribution in [3.63, 3.8) is 0 Å². The van der Waals surface area contributed by atoms with E-state index in [9.17, 15) is 22.0 Å². The summed E-state index contributed by atoms with van der Waals surface area (Å²) in [5, 5.41) is 7.37. The maximum atomic E-state index is 13.0. The molecular weight excluding hydrogens is 375 g/mol. The molecule has 0 saturated carbocycles. The van der Waals surface area contributed by atoms with Crippen LogP contribution < -0.4 is 5.43 Å². The van der Waals surface area contributed by atoms with Crippen LogP contribution in [0.5, 0.6) is 0 Å². The first-order valence-corrected chi connectivity index (χ1v) is 7.40. The monoisotopic (exact) mass is 386 g/mol. The van der Waals surface area contributed by atoms with Gasteiger partial charge in [-0.3, -0.25) is 4.68 Å². The molecule has 3 heterocycles. The van der Waals surface area contributed by atoms with Gasteiger partial charge in [0, 0.05) is 6.20 Å². The zero-order valence-corrected chi connectivity index (χ0v) is 13.4. The molecule has 0 bridgehead atoms. The van der Waals surface area contributed by atoms with Crippen LogP contribution in [0.15, 0.2) is 46.2 Å². The number of furan rings is 1. The smallest absolute Gasteiger partial charge is 0.408 e. The minimum Gasteiger partial charge on any atom is -0.463 e. The number of rotatable bonds is 6. The molecule has 0 aliphatic rings. The number of nitrogens with one attached hydrogen (secondary N) is 1. The summed E-state index contributed by atoms with van der Waals surface area (Å²) in [5.41, 5.74) is 2.06. The number of hydrogen-bond donors (Lipinski definition) is 1. The van der Waals surface area contributed by atoms with Gasteiger partial charge < -0.3 is 4.42 Å². The van der Waals surface area contributed by atoms with E-state index in [1.54, 1.807) is 6.07 Å². The maximum absolute atomic E-state index is 13.0. The first kappa shape index (κ1) is 18.5. The van der Waals surface area contributed by atoms with Gasteiger partial charge in [-0.1, -0.05) is 0 Å². The molecule has 7 nitrogen and oxygen atoms in total. The van der Waals surface area contributed by atoms with Gasteiger partial charge >= 0.3 is 6.18 Å². The zero-order valence-electron chi connectivity index (χ0n) is 13.4. The van der Waals surface area contributed by atoms with Gasteiger partial charge in [0.15, 0.2) is 5.76 Å². The standard InChI is InChI=1S/C15H11F5N6O/c16-13(17)11-6-10(12-2-1-5-27-12)22-14(23-11)24-21-7-9-3-4-26(25-9)8-15(18,19)20/h1-7,13H,8H2,(H,22,23,24)/b21-7-. The summed E-state index contributed by atoms with van der Waals surface area (Å²) in [6, 6.07) is 5.50. The van der Waals surface area contributed by atoms with Gasteiger partial charge in [0.2, 0.25) is 5.95 Å². The van der Waals surface area contributed by atoms with E-state index in [0.29, 0.717) is 4.68 Å².